The third-order valence-electron chi connectivity index (χ3n) is 4.51. The van der Waals surface area contributed by atoms with Crippen molar-refractivity contribution in [1.82, 2.24) is 35.5 Å². The second-order valence-corrected chi connectivity index (χ2v) is 6.51. The Morgan fingerprint density at radius 1 is 1.41 bits per heavy atom. The van der Waals surface area contributed by atoms with Gasteiger partial charge in [-0.3, -0.25) is 14.5 Å². The molecular formula is C18H21N7O2. The van der Waals surface area contributed by atoms with Crippen molar-refractivity contribution in [3.8, 4) is 11.4 Å². The summed E-state index contributed by atoms with van der Waals surface area (Å²) < 4.78 is 6.83. The van der Waals surface area contributed by atoms with Crippen LogP contribution in [0.3, 0.4) is 0 Å². The number of pyridine rings is 1. The number of amides is 1. The zero-order valence-electron chi connectivity index (χ0n) is 14.8. The van der Waals surface area contributed by atoms with Crippen LogP contribution in [0.25, 0.3) is 11.4 Å². The molecule has 0 bridgehead atoms. The van der Waals surface area contributed by atoms with Crippen LogP contribution in [0.2, 0.25) is 0 Å². The summed E-state index contributed by atoms with van der Waals surface area (Å²) in [6.45, 7) is 2.34. The van der Waals surface area contributed by atoms with Crippen LogP contribution in [0.4, 0.5) is 0 Å². The predicted octanol–water partition coefficient (Wildman–Crippen LogP) is 1.11. The number of nitrogens with one attached hydrogen (secondary N) is 2. The van der Waals surface area contributed by atoms with Gasteiger partial charge in [0.2, 0.25) is 17.6 Å². The van der Waals surface area contributed by atoms with Crippen molar-refractivity contribution >= 4 is 5.91 Å². The molecule has 3 aromatic heterocycles. The van der Waals surface area contributed by atoms with Gasteiger partial charge in [-0.05, 0) is 37.6 Å². The van der Waals surface area contributed by atoms with E-state index in [1.165, 1.54) is 0 Å². The first kappa shape index (κ1) is 17.3. The van der Waals surface area contributed by atoms with Gasteiger partial charge in [0.1, 0.15) is 6.54 Å². The number of carbonyl (C=O) groups excluding carboxylic acids is 1. The Balaban J connectivity index is 1.29. The van der Waals surface area contributed by atoms with Crippen LogP contribution in [0, 0.1) is 0 Å². The number of nitrogens with zero attached hydrogens (tertiary/aromatic N) is 5. The SMILES string of the molecule is O=C(Cn1ccc([C@H]2CCCNC2)n1)NCc1nc(-c2cccnc2)no1. The fraction of sp³-hybridized carbons (Fsp3) is 0.389. The van der Waals surface area contributed by atoms with E-state index in [2.05, 4.69) is 30.9 Å². The molecule has 0 radical (unpaired) electrons. The lowest BCUT2D eigenvalue weighted by atomic mass is 9.97. The first-order valence-electron chi connectivity index (χ1n) is 9.02. The lowest BCUT2D eigenvalue weighted by Gasteiger charge is -2.20. The molecule has 1 aliphatic rings. The number of hydrogen-bond donors (Lipinski definition) is 2. The molecule has 4 rings (SSSR count). The minimum Gasteiger partial charge on any atom is -0.345 e. The molecule has 0 unspecified atom stereocenters. The Kier molecular flexibility index (Phi) is 5.20. The van der Waals surface area contributed by atoms with Gasteiger partial charge in [-0.25, -0.2) is 0 Å². The van der Waals surface area contributed by atoms with Gasteiger partial charge in [-0.2, -0.15) is 10.1 Å². The maximum atomic E-state index is 12.2. The molecule has 27 heavy (non-hydrogen) atoms. The number of piperidine rings is 1. The average Bonchev–Trinajstić information content (AvgIpc) is 3.37. The highest BCUT2D eigenvalue weighted by atomic mass is 16.5. The molecule has 4 heterocycles. The van der Waals surface area contributed by atoms with Crippen LogP contribution in [-0.2, 0) is 17.9 Å². The van der Waals surface area contributed by atoms with Gasteiger partial charge in [0.25, 0.3) is 0 Å². The van der Waals surface area contributed by atoms with Gasteiger partial charge in [-0.15, -0.1) is 0 Å². The Hall–Kier alpha value is -3.07. The summed E-state index contributed by atoms with van der Waals surface area (Å²) in [5.74, 6) is 1.06. The maximum Gasteiger partial charge on any atom is 0.246 e. The van der Waals surface area contributed by atoms with Crippen molar-refractivity contribution in [3.63, 3.8) is 0 Å². The average molecular weight is 367 g/mol. The molecule has 9 nitrogen and oxygen atoms in total. The van der Waals surface area contributed by atoms with Gasteiger partial charge < -0.3 is 15.2 Å². The maximum absolute atomic E-state index is 12.2. The smallest absolute Gasteiger partial charge is 0.246 e. The first-order valence-corrected chi connectivity index (χ1v) is 9.02. The van der Waals surface area contributed by atoms with Gasteiger partial charge in [-0.1, -0.05) is 5.16 Å². The molecule has 2 N–H and O–H groups in total. The van der Waals surface area contributed by atoms with E-state index in [4.69, 9.17) is 4.52 Å². The number of hydrogen-bond acceptors (Lipinski definition) is 7. The molecule has 1 saturated heterocycles. The second-order valence-electron chi connectivity index (χ2n) is 6.51. The summed E-state index contributed by atoms with van der Waals surface area (Å²) in [4.78, 5) is 20.4. The fourth-order valence-electron chi connectivity index (χ4n) is 3.10. The number of carbonyl (C=O) groups is 1. The molecule has 1 aliphatic heterocycles. The lowest BCUT2D eigenvalue weighted by molar-refractivity contribution is -0.122. The standard InChI is InChI=1S/C18H21N7O2/c26-16(12-25-8-5-15(23-25)13-3-1-6-19-9-13)21-11-17-22-18(24-27-17)14-4-2-7-20-10-14/h2,4-5,7-8,10,13,19H,1,3,6,9,11-12H2,(H,21,26)/t13-/m0/s1. The second kappa shape index (κ2) is 8.09. The van der Waals surface area contributed by atoms with E-state index in [0.717, 1.165) is 37.2 Å². The summed E-state index contributed by atoms with van der Waals surface area (Å²) in [7, 11) is 0. The van der Waals surface area contributed by atoms with E-state index in [0.29, 0.717) is 17.6 Å². The van der Waals surface area contributed by atoms with Gasteiger partial charge in [0.05, 0.1) is 12.2 Å². The summed E-state index contributed by atoms with van der Waals surface area (Å²) in [6.07, 6.45) is 7.47. The van der Waals surface area contributed by atoms with Crippen LogP contribution < -0.4 is 10.6 Å². The third-order valence-corrected chi connectivity index (χ3v) is 4.51. The summed E-state index contributed by atoms with van der Waals surface area (Å²) in [5.41, 5.74) is 1.80. The molecule has 1 atom stereocenters. The van der Waals surface area contributed by atoms with Crippen molar-refractivity contribution in [2.45, 2.75) is 31.8 Å². The van der Waals surface area contributed by atoms with Gasteiger partial charge >= 0.3 is 0 Å². The molecule has 1 amide bonds. The highest BCUT2D eigenvalue weighted by Crippen LogP contribution is 2.21. The lowest BCUT2D eigenvalue weighted by Crippen LogP contribution is -2.29. The quantitative estimate of drug-likeness (QED) is 0.671. The highest BCUT2D eigenvalue weighted by Gasteiger charge is 2.18. The van der Waals surface area contributed by atoms with Crippen molar-refractivity contribution in [2.75, 3.05) is 13.1 Å². The van der Waals surface area contributed by atoms with Crippen molar-refractivity contribution < 1.29 is 9.32 Å². The molecular weight excluding hydrogens is 346 g/mol. The van der Waals surface area contributed by atoms with E-state index in [1.807, 2.05) is 18.3 Å². The Morgan fingerprint density at radius 3 is 3.19 bits per heavy atom. The number of aromatic nitrogens is 5. The van der Waals surface area contributed by atoms with Crippen molar-refractivity contribution in [1.29, 1.82) is 0 Å². The van der Waals surface area contributed by atoms with E-state index < -0.39 is 0 Å². The van der Waals surface area contributed by atoms with Crippen molar-refractivity contribution in [2.24, 2.45) is 0 Å². The molecule has 1 fully saturated rings. The highest BCUT2D eigenvalue weighted by molar-refractivity contribution is 5.75. The fourth-order valence-corrected chi connectivity index (χ4v) is 3.10. The minimum atomic E-state index is -0.160. The van der Waals surface area contributed by atoms with E-state index in [9.17, 15) is 4.79 Å². The van der Waals surface area contributed by atoms with E-state index in [-0.39, 0.29) is 19.0 Å². The first-order chi connectivity index (χ1) is 13.3. The third kappa shape index (κ3) is 4.37. The van der Waals surface area contributed by atoms with E-state index >= 15 is 0 Å². The molecule has 140 valence electrons. The summed E-state index contributed by atoms with van der Waals surface area (Å²) in [6, 6.07) is 5.63. The Labute approximate surface area is 156 Å². The topological polar surface area (TPSA) is 111 Å². The molecule has 0 spiro atoms. The van der Waals surface area contributed by atoms with Crippen LogP contribution >= 0.6 is 0 Å². The molecule has 0 saturated carbocycles. The van der Waals surface area contributed by atoms with Crippen LogP contribution in [-0.4, -0.2) is 43.9 Å². The molecule has 0 aliphatic carbocycles. The van der Waals surface area contributed by atoms with Crippen LogP contribution in [0.1, 0.15) is 30.3 Å². The van der Waals surface area contributed by atoms with Crippen molar-refractivity contribution in [3.05, 3.63) is 48.4 Å². The molecule has 0 aromatic carbocycles. The zero-order valence-corrected chi connectivity index (χ0v) is 14.8. The zero-order chi connectivity index (χ0) is 18.5. The summed E-state index contributed by atoms with van der Waals surface area (Å²) in [5, 5.41) is 14.6. The summed E-state index contributed by atoms with van der Waals surface area (Å²) >= 11 is 0. The Morgan fingerprint density at radius 2 is 2.37 bits per heavy atom. The normalized spacial score (nSPS) is 17.0. The Bertz CT molecular complexity index is 884. The van der Waals surface area contributed by atoms with Gasteiger partial charge in [0, 0.05) is 36.6 Å². The largest absolute Gasteiger partial charge is 0.345 e. The predicted molar refractivity (Wildman–Crippen MR) is 96.4 cm³/mol. The minimum absolute atomic E-state index is 0.156. The molecule has 3 aromatic rings. The van der Waals surface area contributed by atoms with Crippen LogP contribution in [0.5, 0.6) is 0 Å². The number of rotatable bonds is 6. The van der Waals surface area contributed by atoms with Gasteiger partial charge in [0.15, 0.2) is 0 Å². The van der Waals surface area contributed by atoms with E-state index in [1.54, 1.807) is 23.1 Å². The van der Waals surface area contributed by atoms with Crippen LogP contribution in [0.15, 0.2) is 41.3 Å². The molecule has 9 heteroatoms. The monoisotopic (exact) mass is 367 g/mol.